The maximum absolute atomic E-state index is 13.3. The van der Waals surface area contributed by atoms with Crippen molar-refractivity contribution in [2.75, 3.05) is 5.32 Å². The van der Waals surface area contributed by atoms with Gasteiger partial charge >= 0.3 is 5.69 Å². The molecular weight excluding hydrogens is 446 g/mol. The van der Waals surface area contributed by atoms with Crippen molar-refractivity contribution in [3.63, 3.8) is 0 Å². The Balaban J connectivity index is 1.52. The van der Waals surface area contributed by atoms with Gasteiger partial charge in [-0.3, -0.25) is 9.59 Å². The summed E-state index contributed by atoms with van der Waals surface area (Å²) in [6.07, 6.45) is 0. The standard InChI is InChI=1S/C26H21N5O4/c1-16-10-12-20(13-11-16)35-25-24-29-30(26(34)31(24)22-9-4-3-8-21(22)28-25)15-23(33)27-19-7-5-6-18(14-19)17(2)32/h3-14H,15H2,1-2H3,(H,27,33). The quantitative estimate of drug-likeness (QED) is 0.379. The third-order valence-electron chi connectivity index (χ3n) is 5.46. The number of nitrogens with zero attached hydrogens (tertiary/aromatic N) is 4. The minimum absolute atomic E-state index is 0.113. The van der Waals surface area contributed by atoms with Gasteiger partial charge in [0.05, 0.1) is 11.0 Å². The fourth-order valence-electron chi connectivity index (χ4n) is 3.71. The fraction of sp³-hybridized carbons (Fsp3) is 0.115. The molecule has 2 aromatic heterocycles. The largest absolute Gasteiger partial charge is 0.436 e. The van der Waals surface area contributed by atoms with Gasteiger partial charge in [-0.05, 0) is 50.2 Å². The van der Waals surface area contributed by atoms with Crippen molar-refractivity contribution < 1.29 is 14.3 Å². The molecular formula is C26H21N5O4. The van der Waals surface area contributed by atoms with Crippen LogP contribution in [0.2, 0.25) is 0 Å². The normalized spacial score (nSPS) is 11.0. The number of aryl methyl sites for hydroxylation is 1. The molecule has 0 atom stereocenters. The Morgan fingerprint density at radius 3 is 2.54 bits per heavy atom. The number of Topliss-reactive ketones (excluding diaryl/α,β-unsaturated/α-hetero) is 1. The number of anilines is 1. The molecule has 0 saturated carbocycles. The Hall–Kier alpha value is -4.79. The van der Waals surface area contributed by atoms with Crippen LogP contribution >= 0.6 is 0 Å². The van der Waals surface area contributed by atoms with Crippen molar-refractivity contribution in [3.8, 4) is 11.6 Å². The van der Waals surface area contributed by atoms with Gasteiger partial charge in [-0.15, -0.1) is 5.10 Å². The minimum atomic E-state index is -0.500. The number of ketones is 1. The van der Waals surface area contributed by atoms with Crippen LogP contribution in [0.15, 0.2) is 77.6 Å². The van der Waals surface area contributed by atoms with E-state index < -0.39 is 11.6 Å². The van der Waals surface area contributed by atoms with Crippen LogP contribution < -0.4 is 15.7 Å². The highest BCUT2D eigenvalue weighted by atomic mass is 16.5. The van der Waals surface area contributed by atoms with E-state index in [9.17, 15) is 14.4 Å². The zero-order valence-corrected chi connectivity index (χ0v) is 19.1. The first-order chi connectivity index (χ1) is 16.9. The molecule has 0 bridgehead atoms. The van der Waals surface area contributed by atoms with Crippen molar-refractivity contribution in [1.29, 1.82) is 0 Å². The summed E-state index contributed by atoms with van der Waals surface area (Å²) < 4.78 is 8.43. The smallest absolute Gasteiger partial charge is 0.351 e. The Bertz CT molecular complexity index is 1650. The summed E-state index contributed by atoms with van der Waals surface area (Å²) in [4.78, 5) is 42.2. The molecule has 2 heterocycles. The summed E-state index contributed by atoms with van der Waals surface area (Å²) in [5.74, 6) is 0.121. The topological polar surface area (TPSA) is 108 Å². The number of fused-ring (bicyclic) bond motifs is 3. The first kappa shape index (κ1) is 22.0. The van der Waals surface area contributed by atoms with Crippen LogP contribution in [0, 0.1) is 6.92 Å². The number of amides is 1. The zero-order valence-electron chi connectivity index (χ0n) is 19.1. The van der Waals surface area contributed by atoms with Crippen molar-refractivity contribution >= 4 is 34.1 Å². The third kappa shape index (κ3) is 4.39. The Morgan fingerprint density at radius 2 is 1.77 bits per heavy atom. The van der Waals surface area contributed by atoms with E-state index >= 15 is 0 Å². The fourth-order valence-corrected chi connectivity index (χ4v) is 3.71. The molecule has 0 fully saturated rings. The van der Waals surface area contributed by atoms with E-state index in [4.69, 9.17) is 4.74 Å². The average Bonchev–Trinajstić information content (AvgIpc) is 3.17. The molecule has 0 unspecified atom stereocenters. The molecule has 5 rings (SSSR count). The number of ether oxygens (including phenoxy) is 1. The van der Waals surface area contributed by atoms with Gasteiger partial charge in [0.1, 0.15) is 12.3 Å². The van der Waals surface area contributed by atoms with Crippen LogP contribution in [0.4, 0.5) is 5.69 Å². The SMILES string of the molecule is CC(=O)c1cccc(NC(=O)Cn2nc3c(Oc4ccc(C)cc4)nc4ccccc4n3c2=O)c1. The predicted octanol–water partition coefficient (Wildman–Crippen LogP) is 3.99. The molecule has 3 aromatic carbocycles. The molecule has 1 amide bonds. The molecule has 0 aliphatic carbocycles. The summed E-state index contributed by atoms with van der Waals surface area (Å²) in [7, 11) is 0. The molecule has 1 N–H and O–H groups in total. The number of hydrogen-bond acceptors (Lipinski definition) is 6. The first-order valence-electron chi connectivity index (χ1n) is 10.9. The number of benzene rings is 3. The molecule has 174 valence electrons. The molecule has 0 aliphatic heterocycles. The van der Waals surface area contributed by atoms with E-state index in [1.54, 1.807) is 54.6 Å². The van der Waals surface area contributed by atoms with Crippen LogP contribution in [-0.2, 0) is 11.3 Å². The van der Waals surface area contributed by atoms with Crippen LogP contribution in [0.5, 0.6) is 11.6 Å². The molecule has 0 saturated heterocycles. The minimum Gasteiger partial charge on any atom is -0.436 e. The lowest BCUT2D eigenvalue weighted by Gasteiger charge is -2.07. The summed E-state index contributed by atoms with van der Waals surface area (Å²) >= 11 is 0. The summed E-state index contributed by atoms with van der Waals surface area (Å²) in [5, 5.41) is 7.08. The maximum Gasteiger partial charge on any atom is 0.351 e. The second-order valence-electron chi connectivity index (χ2n) is 8.11. The van der Waals surface area contributed by atoms with E-state index in [1.807, 2.05) is 25.1 Å². The lowest BCUT2D eigenvalue weighted by Crippen LogP contribution is -2.28. The van der Waals surface area contributed by atoms with E-state index in [-0.39, 0.29) is 23.9 Å². The number of hydrogen-bond donors (Lipinski definition) is 1. The number of aromatic nitrogens is 4. The van der Waals surface area contributed by atoms with Gasteiger partial charge in [0.2, 0.25) is 11.6 Å². The number of rotatable bonds is 6. The Kier molecular flexibility index (Phi) is 5.58. The second-order valence-corrected chi connectivity index (χ2v) is 8.11. The summed E-state index contributed by atoms with van der Waals surface area (Å²) in [5.41, 5.74) is 2.80. The number of para-hydroxylation sites is 2. The highest BCUT2D eigenvalue weighted by Crippen LogP contribution is 2.26. The second kappa shape index (κ2) is 8.86. The van der Waals surface area contributed by atoms with Gasteiger partial charge in [0.25, 0.3) is 5.88 Å². The van der Waals surface area contributed by atoms with Crippen LogP contribution in [0.3, 0.4) is 0 Å². The third-order valence-corrected chi connectivity index (χ3v) is 5.46. The van der Waals surface area contributed by atoms with Crippen molar-refractivity contribution in [2.45, 2.75) is 20.4 Å². The van der Waals surface area contributed by atoms with Gasteiger partial charge in [-0.25, -0.2) is 18.9 Å². The van der Waals surface area contributed by atoms with Gasteiger partial charge in [-0.2, -0.15) is 0 Å². The number of carbonyl (C=O) groups excluding carboxylic acids is 2. The number of carbonyl (C=O) groups is 2. The first-order valence-corrected chi connectivity index (χ1v) is 10.9. The monoisotopic (exact) mass is 467 g/mol. The average molecular weight is 467 g/mol. The highest BCUT2D eigenvalue weighted by molar-refractivity contribution is 5.97. The van der Waals surface area contributed by atoms with Gasteiger partial charge in [-0.1, -0.05) is 42.0 Å². The summed E-state index contributed by atoms with van der Waals surface area (Å²) in [6, 6.07) is 21.2. The highest BCUT2D eigenvalue weighted by Gasteiger charge is 2.19. The molecule has 0 spiro atoms. The van der Waals surface area contributed by atoms with E-state index in [2.05, 4.69) is 15.4 Å². The van der Waals surface area contributed by atoms with Gasteiger partial charge in [0, 0.05) is 11.3 Å². The Morgan fingerprint density at radius 1 is 1.00 bits per heavy atom. The Labute approximate surface area is 199 Å². The molecule has 0 aliphatic rings. The van der Waals surface area contributed by atoms with Crippen LogP contribution in [0.1, 0.15) is 22.8 Å². The van der Waals surface area contributed by atoms with Gasteiger partial charge < -0.3 is 10.1 Å². The lowest BCUT2D eigenvalue weighted by molar-refractivity contribution is -0.117. The molecule has 0 radical (unpaired) electrons. The van der Waals surface area contributed by atoms with Crippen molar-refractivity contribution in [2.24, 2.45) is 0 Å². The van der Waals surface area contributed by atoms with E-state index in [0.717, 1.165) is 10.2 Å². The van der Waals surface area contributed by atoms with Gasteiger partial charge in [0.15, 0.2) is 5.78 Å². The molecule has 9 nitrogen and oxygen atoms in total. The van der Waals surface area contributed by atoms with Crippen molar-refractivity contribution in [3.05, 3.63) is 94.4 Å². The van der Waals surface area contributed by atoms with E-state index in [1.165, 1.54) is 11.3 Å². The van der Waals surface area contributed by atoms with Crippen LogP contribution in [0.25, 0.3) is 16.7 Å². The van der Waals surface area contributed by atoms with E-state index in [0.29, 0.717) is 28.0 Å². The lowest BCUT2D eigenvalue weighted by atomic mass is 10.1. The zero-order chi connectivity index (χ0) is 24.5. The molecule has 9 heteroatoms. The van der Waals surface area contributed by atoms with Crippen molar-refractivity contribution in [1.82, 2.24) is 19.2 Å². The predicted molar refractivity (Wildman–Crippen MR) is 131 cm³/mol. The number of nitrogens with one attached hydrogen (secondary N) is 1. The summed E-state index contributed by atoms with van der Waals surface area (Å²) in [6.45, 7) is 3.09. The van der Waals surface area contributed by atoms with Crippen LogP contribution in [-0.4, -0.2) is 30.9 Å². The molecule has 35 heavy (non-hydrogen) atoms. The molecule has 5 aromatic rings. The maximum atomic E-state index is 13.3.